The zero-order chi connectivity index (χ0) is 15.1. The summed E-state index contributed by atoms with van der Waals surface area (Å²) in [6.45, 7) is 5.99. The van der Waals surface area contributed by atoms with Gasteiger partial charge in [-0.25, -0.2) is 13.6 Å². The topological polar surface area (TPSA) is 67.4 Å². The molecule has 0 aromatic rings. The lowest BCUT2D eigenvalue weighted by Gasteiger charge is -2.19. The van der Waals surface area contributed by atoms with Crippen molar-refractivity contribution in [3.8, 4) is 0 Å². The van der Waals surface area contributed by atoms with E-state index in [1.165, 1.54) is 0 Å². The van der Waals surface area contributed by atoms with E-state index in [1.54, 1.807) is 20.8 Å². The molecule has 0 radical (unpaired) electrons. The van der Waals surface area contributed by atoms with Gasteiger partial charge in [-0.3, -0.25) is 4.79 Å². The summed E-state index contributed by atoms with van der Waals surface area (Å²) in [5.74, 6) is -3.18. The Morgan fingerprint density at radius 2 is 1.63 bits per heavy atom. The van der Waals surface area contributed by atoms with Crippen LogP contribution in [0.4, 0.5) is 13.6 Å². The first kappa shape index (κ1) is 17.6. The van der Waals surface area contributed by atoms with Gasteiger partial charge in [-0.15, -0.1) is 0 Å². The van der Waals surface area contributed by atoms with Crippen LogP contribution in [0.5, 0.6) is 0 Å². The standard InChI is InChI=1S/C12H22F2N2O3/c1-11(2,3)19-10(18)16-7-5-9(17)15-8-6-12(4,13)14/h5-8H2,1-4H3,(H,15,17)(H,16,18). The normalized spacial score (nSPS) is 11.9. The number of ether oxygens (including phenoxy) is 1. The summed E-state index contributed by atoms with van der Waals surface area (Å²) < 4.78 is 29.9. The number of nitrogens with one attached hydrogen (secondary N) is 2. The Balaban J connectivity index is 3.67. The molecule has 0 aliphatic rings. The van der Waals surface area contributed by atoms with Crippen LogP contribution in [0.1, 0.15) is 40.5 Å². The van der Waals surface area contributed by atoms with E-state index in [9.17, 15) is 18.4 Å². The Bertz CT molecular complexity index is 309. The van der Waals surface area contributed by atoms with E-state index in [1.807, 2.05) is 0 Å². The van der Waals surface area contributed by atoms with Crippen molar-refractivity contribution >= 4 is 12.0 Å². The molecule has 0 unspecified atom stereocenters. The van der Waals surface area contributed by atoms with Crippen molar-refractivity contribution in [1.82, 2.24) is 10.6 Å². The molecule has 0 aliphatic heterocycles. The quantitative estimate of drug-likeness (QED) is 0.782. The third-order valence-corrected chi connectivity index (χ3v) is 1.91. The second-order valence-electron chi connectivity index (χ2n) is 5.35. The Kier molecular flexibility index (Phi) is 6.72. The van der Waals surface area contributed by atoms with Gasteiger partial charge in [0.15, 0.2) is 0 Å². The lowest BCUT2D eigenvalue weighted by molar-refractivity contribution is -0.121. The van der Waals surface area contributed by atoms with Gasteiger partial charge < -0.3 is 15.4 Å². The Morgan fingerprint density at radius 1 is 1.05 bits per heavy atom. The Morgan fingerprint density at radius 3 is 2.11 bits per heavy atom. The van der Waals surface area contributed by atoms with Gasteiger partial charge in [-0.2, -0.15) is 0 Å². The molecule has 112 valence electrons. The molecule has 0 saturated carbocycles. The van der Waals surface area contributed by atoms with Crippen molar-refractivity contribution in [2.24, 2.45) is 0 Å². The van der Waals surface area contributed by atoms with E-state index < -0.39 is 24.0 Å². The molecule has 19 heavy (non-hydrogen) atoms. The molecule has 0 bridgehead atoms. The number of carbonyl (C=O) groups is 2. The summed E-state index contributed by atoms with van der Waals surface area (Å²) in [6, 6.07) is 0. The molecule has 0 rings (SSSR count). The molecule has 0 aliphatic carbocycles. The maximum atomic E-state index is 12.5. The first-order chi connectivity index (χ1) is 8.49. The largest absolute Gasteiger partial charge is 0.444 e. The SMILES string of the molecule is CC(F)(F)CCNC(=O)CCNC(=O)OC(C)(C)C. The average Bonchev–Trinajstić information content (AvgIpc) is 2.12. The fourth-order valence-corrected chi connectivity index (χ4v) is 1.10. The Labute approximate surface area is 112 Å². The third-order valence-electron chi connectivity index (χ3n) is 1.91. The third kappa shape index (κ3) is 12.8. The minimum atomic E-state index is -2.79. The lowest BCUT2D eigenvalue weighted by Crippen LogP contribution is -2.35. The summed E-state index contributed by atoms with van der Waals surface area (Å²) in [5.41, 5.74) is -0.598. The highest BCUT2D eigenvalue weighted by atomic mass is 19.3. The Hall–Kier alpha value is -1.40. The van der Waals surface area contributed by atoms with Crippen LogP contribution >= 0.6 is 0 Å². The average molecular weight is 280 g/mol. The molecule has 0 aromatic carbocycles. The van der Waals surface area contributed by atoms with Crippen LogP contribution in [0.3, 0.4) is 0 Å². The second-order valence-corrected chi connectivity index (χ2v) is 5.35. The molecule has 0 aromatic heterocycles. The molecular weight excluding hydrogens is 258 g/mol. The number of hydrogen-bond donors (Lipinski definition) is 2. The van der Waals surface area contributed by atoms with Gasteiger partial charge in [0, 0.05) is 25.9 Å². The molecule has 0 atom stereocenters. The van der Waals surface area contributed by atoms with Crippen molar-refractivity contribution in [3.05, 3.63) is 0 Å². The predicted molar refractivity (Wildman–Crippen MR) is 67.1 cm³/mol. The van der Waals surface area contributed by atoms with Gasteiger partial charge in [-0.1, -0.05) is 0 Å². The lowest BCUT2D eigenvalue weighted by atomic mass is 10.2. The van der Waals surface area contributed by atoms with Gasteiger partial charge in [0.25, 0.3) is 0 Å². The van der Waals surface area contributed by atoms with E-state index >= 15 is 0 Å². The van der Waals surface area contributed by atoms with Crippen LogP contribution in [0.15, 0.2) is 0 Å². The van der Waals surface area contributed by atoms with Crippen LogP contribution in [-0.4, -0.2) is 36.6 Å². The van der Waals surface area contributed by atoms with E-state index in [0.717, 1.165) is 6.92 Å². The van der Waals surface area contributed by atoms with Crippen molar-refractivity contribution in [3.63, 3.8) is 0 Å². The van der Waals surface area contributed by atoms with Gasteiger partial charge in [-0.05, 0) is 27.7 Å². The minimum absolute atomic E-state index is 0.0223. The number of carbonyl (C=O) groups excluding carboxylic acids is 2. The second kappa shape index (κ2) is 7.25. The van der Waals surface area contributed by atoms with Crippen molar-refractivity contribution in [1.29, 1.82) is 0 Å². The van der Waals surface area contributed by atoms with E-state index in [4.69, 9.17) is 4.74 Å². The van der Waals surface area contributed by atoms with Crippen LogP contribution in [0.25, 0.3) is 0 Å². The minimum Gasteiger partial charge on any atom is -0.444 e. The fourth-order valence-electron chi connectivity index (χ4n) is 1.10. The zero-order valence-electron chi connectivity index (χ0n) is 11.8. The van der Waals surface area contributed by atoms with Crippen molar-refractivity contribution in [2.45, 2.75) is 52.1 Å². The smallest absolute Gasteiger partial charge is 0.407 e. The highest BCUT2D eigenvalue weighted by Gasteiger charge is 2.20. The maximum Gasteiger partial charge on any atom is 0.407 e. The predicted octanol–water partition coefficient (Wildman–Crippen LogP) is 2.06. The number of halogens is 2. The van der Waals surface area contributed by atoms with Gasteiger partial charge >= 0.3 is 6.09 Å². The van der Waals surface area contributed by atoms with E-state index in [-0.39, 0.29) is 25.4 Å². The van der Waals surface area contributed by atoms with Crippen LogP contribution in [-0.2, 0) is 9.53 Å². The van der Waals surface area contributed by atoms with Crippen molar-refractivity contribution < 1.29 is 23.1 Å². The molecule has 7 heteroatoms. The monoisotopic (exact) mass is 280 g/mol. The highest BCUT2D eigenvalue weighted by molar-refractivity contribution is 5.76. The fraction of sp³-hybridized carbons (Fsp3) is 0.833. The summed E-state index contributed by atoms with van der Waals surface area (Å²) in [6.07, 6.45) is -0.993. The van der Waals surface area contributed by atoms with E-state index in [0.29, 0.717) is 0 Å². The van der Waals surface area contributed by atoms with Crippen molar-refractivity contribution in [2.75, 3.05) is 13.1 Å². The molecule has 0 heterocycles. The van der Waals surface area contributed by atoms with Crippen LogP contribution in [0, 0.1) is 0 Å². The maximum absolute atomic E-state index is 12.5. The molecule has 0 fully saturated rings. The van der Waals surface area contributed by atoms with E-state index in [2.05, 4.69) is 10.6 Å². The molecule has 2 amide bonds. The van der Waals surface area contributed by atoms with Gasteiger partial charge in [0.1, 0.15) is 5.60 Å². The summed E-state index contributed by atoms with van der Waals surface area (Å²) in [5, 5.41) is 4.76. The highest BCUT2D eigenvalue weighted by Crippen LogP contribution is 2.14. The number of alkyl halides is 2. The van der Waals surface area contributed by atoms with Gasteiger partial charge in [0.05, 0.1) is 0 Å². The van der Waals surface area contributed by atoms with Crippen LogP contribution < -0.4 is 10.6 Å². The number of rotatable bonds is 6. The molecule has 2 N–H and O–H groups in total. The van der Waals surface area contributed by atoms with Gasteiger partial charge in [0.2, 0.25) is 11.8 Å². The first-order valence-corrected chi connectivity index (χ1v) is 6.11. The zero-order valence-corrected chi connectivity index (χ0v) is 11.8. The molecule has 0 spiro atoms. The molecular formula is C12H22F2N2O3. The summed E-state index contributed by atoms with van der Waals surface area (Å²) in [4.78, 5) is 22.5. The number of amides is 2. The number of hydrogen-bond acceptors (Lipinski definition) is 3. The summed E-state index contributed by atoms with van der Waals surface area (Å²) in [7, 11) is 0. The molecule has 5 nitrogen and oxygen atoms in total. The summed E-state index contributed by atoms with van der Waals surface area (Å²) >= 11 is 0. The number of alkyl carbamates (subject to hydrolysis) is 1. The molecule has 0 saturated heterocycles. The van der Waals surface area contributed by atoms with Crippen LogP contribution in [0.2, 0.25) is 0 Å². The first-order valence-electron chi connectivity index (χ1n) is 6.11.